The predicted molar refractivity (Wildman–Crippen MR) is 207 cm³/mol. The molecule has 0 spiro atoms. The first-order chi connectivity index (χ1) is 22.3. The van der Waals surface area contributed by atoms with Crippen molar-refractivity contribution in [2.75, 3.05) is 0 Å². The summed E-state index contributed by atoms with van der Waals surface area (Å²) in [5.74, 6) is 0. The van der Waals surface area contributed by atoms with Crippen LogP contribution in [0.3, 0.4) is 0 Å². The van der Waals surface area contributed by atoms with Gasteiger partial charge < -0.3 is 0 Å². The van der Waals surface area contributed by atoms with Crippen molar-refractivity contribution in [3.05, 3.63) is 131 Å². The number of hydrogen-bond acceptors (Lipinski definition) is 0. The Kier molecular flexibility index (Phi) is 8.53. The summed E-state index contributed by atoms with van der Waals surface area (Å²) in [6.45, 7) is 16.2. The van der Waals surface area contributed by atoms with E-state index in [9.17, 15) is 0 Å². The van der Waals surface area contributed by atoms with Gasteiger partial charge in [0.15, 0.2) is 0 Å². The van der Waals surface area contributed by atoms with Crippen LogP contribution in [0, 0.1) is 0 Å². The van der Waals surface area contributed by atoms with Gasteiger partial charge in [-0.1, -0.05) is 0 Å². The van der Waals surface area contributed by atoms with Crippen molar-refractivity contribution < 1.29 is 17.9 Å². The van der Waals surface area contributed by atoms with Crippen LogP contribution in [-0.2, 0) is 28.7 Å². The quantitative estimate of drug-likeness (QED) is 0.154. The van der Waals surface area contributed by atoms with Crippen molar-refractivity contribution in [1.29, 1.82) is 0 Å². The first-order valence-electron chi connectivity index (χ1n) is 17.0. The Morgan fingerprint density at radius 3 is 1.96 bits per heavy atom. The van der Waals surface area contributed by atoms with Gasteiger partial charge in [-0.15, -0.1) is 0 Å². The average Bonchev–Trinajstić information content (AvgIpc) is 3.62. The molecule has 238 valence electrons. The normalized spacial score (nSPS) is 16.2. The maximum atomic E-state index is 7.98. The monoisotopic (exact) mass is 748 g/mol. The van der Waals surface area contributed by atoms with Crippen molar-refractivity contribution in [1.82, 2.24) is 0 Å². The number of hydrogen-bond donors (Lipinski definition) is 0. The summed E-state index contributed by atoms with van der Waals surface area (Å²) in [7, 11) is 15.3. The van der Waals surface area contributed by atoms with Crippen LogP contribution < -0.4 is 13.6 Å². The molecule has 0 amide bonds. The first kappa shape index (κ1) is 33.0. The summed E-state index contributed by atoms with van der Waals surface area (Å²) >= 11 is -4.07. The van der Waals surface area contributed by atoms with Crippen LogP contribution in [0.25, 0.3) is 39.5 Å². The zero-order chi connectivity index (χ0) is 33.3. The fourth-order valence-electron chi connectivity index (χ4n) is 7.68. The zero-order valence-electron chi connectivity index (χ0n) is 28.6. The summed E-state index contributed by atoms with van der Waals surface area (Å²) in [6, 6.07) is 38.5. The number of fused-ring (bicyclic) bond motifs is 4. The van der Waals surface area contributed by atoms with Crippen molar-refractivity contribution in [2.45, 2.75) is 69.3 Å². The van der Waals surface area contributed by atoms with Gasteiger partial charge >= 0.3 is 298 Å². The fraction of sp³-hybridized carbons (Fsp3) is 0.256. The Morgan fingerprint density at radius 1 is 0.660 bits per heavy atom. The molecule has 1 heterocycles. The van der Waals surface area contributed by atoms with Gasteiger partial charge in [0.2, 0.25) is 0 Å². The van der Waals surface area contributed by atoms with E-state index in [1.54, 1.807) is 0 Å². The van der Waals surface area contributed by atoms with Crippen LogP contribution in [0.15, 0.2) is 109 Å². The minimum absolute atomic E-state index is 0.0147. The van der Waals surface area contributed by atoms with Crippen LogP contribution in [0.1, 0.15) is 80.8 Å². The zero-order valence-corrected chi connectivity index (χ0v) is 34.0. The molecular weight excluding hydrogens is 707 g/mol. The molecule has 1 atom stereocenters. The standard InChI is InChI=1S/C31H35.C12H9Si.2ClH.Zr/c1-8-21-16-23-14-15-27(22-12-10-9-11-13-22)29(28(23)17-21)24-18-25(30(2,3)4)20-26(19-24)31(5,6)7;1-3-7-11-9(5-1)10-6-2-4-8-12(10)13-11;;;/h9-20H,8H2,1-7H3;1-7H,13H2;2*1H;/q;;;;+2/p-2. The third-order valence-electron chi connectivity index (χ3n) is 10.3. The van der Waals surface area contributed by atoms with Crippen LogP contribution in [0.4, 0.5) is 0 Å². The van der Waals surface area contributed by atoms with Gasteiger partial charge in [-0.25, -0.2) is 0 Å². The predicted octanol–water partition coefficient (Wildman–Crippen LogP) is 10.4. The number of halogens is 2. The second-order valence-electron chi connectivity index (χ2n) is 15.5. The number of rotatable bonds is 5. The van der Waals surface area contributed by atoms with E-state index in [2.05, 4.69) is 158 Å². The van der Waals surface area contributed by atoms with Gasteiger partial charge in [0.1, 0.15) is 0 Å². The molecule has 0 aromatic heterocycles. The minimum atomic E-state index is -4.07. The molecule has 0 radical (unpaired) electrons. The summed E-state index contributed by atoms with van der Waals surface area (Å²) in [6.07, 6.45) is 3.40. The molecule has 0 bridgehead atoms. The molecule has 47 heavy (non-hydrogen) atoms. The van der Waals surface area contributed by atoms with Crippen molar-refractivity contribution in [3.8, 4) is 33.4 Å². The summed E-state index contributed by atoms with van der Waals surface area (Å²) in [5.41, 5.74) is 14.6. The van der Waals surface area contributed by atoms with Crippen molar-refractivity contribution >= 4 is 46.3 Å². The first-order valence-corrected chi connectivity index (χ1v) is 27.4. The van der Waals surface area contributed by atoms with Crippen LogP contribution in [-0.4, -0.2) is 9.52 Å². The van der Waals surface area contributed by atoms with Gasteiger partial charge in [0.05, 0.1) is 0 Å². The van der Waals surface area contributed by atoms with E-state index >= 15 is 0 Å². The van der Waals surface area contributed by atoms with E-state index in [1.807, 2.05) is 0 Å². The van der Waals surface area contributed by atoms with Crippen molar-refractivity contribution in [3.63, 3.8) is 0 Å². The number of allylic oxidation sites excluding steroid dienone is 1. The van der Waals surface area contributed by atoms with E-state index < -0.39 is 27.4 Å². The molecular formula is C43H44Cl2SiZr. The van der Waals surface area contributed by atoms with Crippen LogP contribution in [0.5, 0.6) is 0 Å². The molecule has 1 aliphatic heterocycles. The Morgan fingerprint density at radius 2 is 1.30 bits per heavy atom. The second kappa shape index (κ2) is 12.1. The van der Waals surface area contributed by atoms with Gasteiger partial charge in [0, 0.05) is 0 Å². The molecule has 0 fully saturated rings. The molecule has 0 nitrogen and oxygen atoms in total. The SMILES string of the molecule is CCC1=Cc2c(ccc(-c3ccccc3)c2-c2cc(C(C)(C)C)cc(C(C)(C)C)c2)[CH]1[Zr]([Cl])([Cl])[c]1cccc2c1[SiH2]c1ccccc1-2. The molecule has 5 aromatic rings. The van der Waals surface area contributed by atoms with E-state index in [1.165, 1.54) is 74.9 Å². The summed E-state index contributed by atoms with van der Waals surface area (Å²) < 4.78 is 1.35. The summed E-state index contributed by atoms with van der Waals surface area (Å²) in [4.78, 5) is 0. The van der Waals surface area contributed by atoms with Gasteiger partial charge in [-0.2, -0.15) is 0 Å². The Labute approximate surface area is 295 Å². The Hall–Kier alpha value is -2.48. The molecule has 0 saturated heterocycles. The van der Waals surface area contributed by atoms with Gasteiger partial charge in [0.25, 0.3) is 0 Å². The molecule has 1 aliphatic carbocycles. The average molecular weight is 751 g/mol. The van der Waals surface area contributed by atoms with Crippen LogP contribution in [0.2, 0.25) is 0 Å². The topological polar surface area (TPSA) is 0 Å². The van der Waals surface area contributed by atoms with E-state index in [4.69, 9.17) is 17.0 Å². The van der Waals surface area contributed by atoms with Crippen LogP contribution >= 0.6 is 17.0 Å². The molecule has 1 unspecified atom stereocenters. The van der Waals surface area contributed by atoms with E-state index in [0.717, 1.165) is 6.42 Å². The third-order valence-corrected chi connectivity index (χ3v) is 24.7. The van der Waals surface area contributed by atoms with Gasteiger partial charge in [-0.05, 0) is 0 Å². The maximum absolute atomic E-state index is 7.98. The van der Waals surface area contributed by atoms with E-state index in [0.29, 0.717) is 0 Å². The van der Waals surface area contributed by atoms with Crippen molar-refractivity contribution in [2.24, 2.45) is 0 Å². The Bertz CT molecular complexity index is 2010. The molecule has 7 rings (SSSR count). The van der Waals surface area contributed by atoms with E-state index in [-0.39, 0.29) is 14.5 Å². The Balaban J connectivity index is 1.47. The third kappa shape index (κ3) is 5.82. The number of benzene rings is 5. The summed E-state index contributed by atoms with van der Waals surface area (Å²) in [5, 5.41) is 2.99. The second-order valence-corrected chi connectivity index (χ2v) is 31.3. The molecule has 2 aliphatic rings. The molecule has 0 N–H and O–H groups in total. The van der Waals surface area contributed by atoms with Gasteiger partial charge in [-0.3, -0.25) is 0 Å². The molecule has 0 saturated carbocycles. The fourth-order valence-corrected chi connectivity index (χ4v) is 24.7. The molecule has 5 aromatic carbocycles. The molecule has 4 heteroatoms.